The van der Waals surface area contributed by atoms with Crippen molar-refractivity contribution in [3.63, 3.8) is 0 Å². The summed E-state index contributed by atoms with van der Waals surface area (Å²) in [6.07, 6.45) is 0.0409. The highest BCUT2D eigenvalue weighted by Crippen LogP contribution is 2.32. The summed E-state index contributed by atoms with van der Waals surface area (Å²) in [4.78, 5) is 44.2. The average molecular weight is 572 g/mol. The van der Waals surface area contributed by atoms with Gasteiger partial charge in [-0.3, -0.25) is 9.59 Å². The van der Waals surface area contributed by atoms with E-state index in [9.17, 15) is 18.8 Å². The molecule has 42 heavy (non-hydrogen) atoms. The van der Waals surface area contributed by atoms with Crippen molar-refractivity contribution in [2.45, 2.75) is 44.9 Å². The minimum Gasteiger partial charge on any atom is -0.337 e. The molecule has 3 aromatic carbocycles. The number of hydrogen-bond acceptors (Lipinski definition) is 4. The average Bonchev–Trinajstić information content (AvgIpc) is 2.98. The Morgan fingerprint density at radius 1 is 0.929 bits per heavy atom. The number of benzene rings is 3. The van der Waals surface area contributed by atoms with Gasteiger partial charge in [-0.15, -0.1) is 0 Å². The Bertz CT molecular complexity index is 1350. The van der Waals surface area contributed by atoms with E-state index < -0.39 is 12.2 Å². The fourth-order valence-corrected chi connectivity index (χ4v) is 6.10. The van der Waals surface area contributed by atoms with E-state index in [0.717, 1.165) is 5.56 Å². The molecule has 2 atom stereocenters. The van der Waals surface area contributed by atoms with Crippen molar-refractivity contribution in [3.05, 3.63) is 107 Å². The fourth-order valence-electron chi connectivity index (χ4n) is 6.10. The quantitative estimate of drug-likeness (QED) is 0.434. The minimum atomic E-state index is -0.677. The van der Waals surface area contributed by atoms with Crippen LogP contribution in [0.5, 0.6) is 0 Å². The maximum absolute atomic E-state index is 13.9. The Kier molecular flexibility index (Phi) is 8.87. The first-order valence-corrected chi connectivity index (χ1v) is 14.5. The molecule has 1 N–H and O–H groups in total. The highest BCUT2D eigenvalue weighted by molar-refractivity contribution is 5.91. The molecule has 2 aliphatic heterocycles. The number of nitrogens with zero attached hydrogens (tertiary/aromatic N) is 4. The molecule has 0 spiro atoms. The molecule has 0 aliphatic carbocycles. The summed E-state index contributed by atoms with van der Waals surface area (Å²) in [6, 6.07) is 25.4. The summed E-state index contributed by atoms with van der Waals surface area (Å²) in [5, 5.41) is 6.08. The second kappa shape index (κ2) is 12.7. The van der Waals surface area contributed by atoms with Gasteiger partial charge < -0.3 is 15.1 Å². The first kappa shape index (κ1) is 29.3. The number of nitrogens with one attached hydrogen (secondary N) is 1. The predicted molar refractivity (Wildman–Crippen MR) is 158 cm³/mol. The van der Waals surface area contributed by atoms with Crippen molar-refractivity contribution in [2.75, 3.05) is 26.7 Å². The van der Waals surface area contributed by atoms with Gasteiger partial charge in [0.2, 0.25) is 11.8 Å². The van der Waals surface area contributed by atoms with Crippen LogP contribution in [-0.2, 0) is 16.1 Å². The summed E-state index contributed by atoms with van der Waals surface area (Å²) in [5.74, 6) is -0.669. The lowest BCUT2D eigenvalue weighted by Gasteiger charge is -2.55. The van der Waals surface area contributed by atoms with E-state index in [1.807, 2.05) is 55.1 Å². The summed E-state index contributed by atoms with van der Waals surface area (Å²) in [5.41, 5.74) is 3.10. The molecule has 0 unspecified atom stereocenters. The van der Waals surface area contributed by atoms with Gasteiger partial charge in [0.05, 0.1) is 13.1 Å². The lowest BCUT2D eigenvalue weighted by atomic mass is 9.88. The molecule has 220 valence electrons. The van der Waals surface area contributed by atoms with Gasteiger partial charge in [-0.1, -0.05) is 86.6 Å². The zero-order valence-corrected chi connectivity index (χ0v) is 24.3. The highest BCUT2D eigenvalue weighted by atomic mass is 19.1. The SMILES string of the molecule is CC(C)[C@H]1C(=O)N(CCC(c2ccccc2)c2ccccc2)C[C@H]2N1C(=O)CN(C)N2C(=O)NCc1ccc(F)cc1. The summed E-state index contributed by atoms with van der Waals surface area (Å²) < 4.78 is 13.4. The Balaban J connectivity index is 1.39. The number of halogens is 1. The van der Waals surface area contributed by atoms with Crippen LogP contribution in [0.3, 0.4) is 0 Å². The van der Waals surface area contributed by atoms with Gasteiger partial charge in [0.15, 0.2) is 0 Å². The normalized spacial score (nSPS) is 19.4. The van der Waals surface area contributed by atoms with Crippen LogP contribution < -0.4 is 5.32 Å². The molecule has 4 amide bonds. The van der Waals surface area contributed by atoms with E-state index in [1.165, 1.54) is 23.3 Å². The van der Waals surface area contributed by atoms with Crippen LogP contribution in [0.25, 0.3) is 0 Å². The Morgan fingerprint density at radius 3 is 2.10 bits per heavy atom. The van der Waals surface area contributed by atoms with Gasteiger partial charge in [-0.2, -0.15) is 0 Å². The van der Waals surface area contributed by atoms with Gasteiger partial charge >= 0.3 is 6.03 Å². The zero-order chi connectivity index (χ0) is 29.8. The molecule has 0 bridgehead atoms. The molecule has 9 heteroatoms. The van der Waals surface area contributed by atoms with Gasteiger partial charge in [-0.25, -0.2) is 19.2 Å². The number of carbonyl (C=O) groups excluding carboxylic acids is 3. The lowest BCUT2D eigenvalue weighted by molar-refractivity contribution is -0.189. The predicted octanol–water partition coefficient (Wildman–Crippen LogP) is 4.44. The van der Waals surface area contributed by atoms with Crippen LogP contribution in [0.1, 0.15) is 42.9 Å². The fraction of sp³-hybridized carbons (Fsp3) is 0.364. The van der Waals surface area contributed by atoms with Crippen molar-refractivity contribution in [1.29, 1.82) is 0 Å². The third-order valence-electron chi connectivity index (χ3n) is 8.16. The van der Waals surface area contributed by atoms with E-state index in [2.05, 4.69) is 29.6 Å². The number of fused-ring (bicyclic) bond motifs is 1. The maximum Gasteiger partial charge on any atom is 0.334 e. The number of rotatable bonds is 8. The molecule has 2 aliphatic rings. The number of amides is 4. The van der Waals surface area contributed by atoms with Crippen molar-refractivity contribution in [3.8, 4) is 0 Å². The Morgan fingerprint density at radius 2 is 1.52 bits per heavy atom. The van der Waals surface area contributed by atoms with Crippen LogP contribution in [0.2, 0.25) is 0 Å². The number of hydrogen-bond donors (Lipinski definition) is 1. The van der Waals surface area contributed by atoms with Crippen LogP contribution in [-0.4, -0.2) is 76.6 Å². The van der Waals surface area contributed by atoms with Gasteiger partial charge in [-0.05, 0) is 41.2 Å². The lowest BCUT2D eigenvalue weighted by Crippen LogP contribution is -2.76. The molecule has 2 saturated heterocycles. The molecule has 0 aromatic heterocycles. The third-order valence-corrected chi connectivity index (χ3v) is 8.16. The van der Waals surface area contributed by atoms with Crippen LogP contribution >= 0.6 is 0 Å². The smallest absolute Gasteiger partial charge is 0.334 e. The molecular formula is C33H38FN5O3. The molecule has 0 radical (unpaired) electrons. The molecule has 2 heterocycles. The van der Waals surface area contributed by atoms with Crippen molar-refractivity contribution in [1.82, 2.24) is 25.1 Å². The van der Waals surface area contributed by atoms with E-state index in [1.54, 1.807) is 34.1 Å². The third kappa shape index (κ3) is 6.16. The molecular weight excluding hydrogens is 533 g/mol. The first-order valence-electron chi connectivity index (χ1n) is 14.5. The Hall–Kier alpha value is -4.24. The van der Waals surface area contributed by atoms with E-state index in [4.69, 9.17) is 0 Å². The highest BCUT2D eigenvalue weighted by Gasteiger charge is 2.51. The van der Waals surface area contributed by atoms with Crippen molar-refractivity contribution >= 4 is 17.8 Å². The van der Waals surface area contributed by atoms with E-state index >= 15 is 0 Å². The molecule has 3 aromatic rings. The number of urea groups is 1. The largest absolute Gasteiger partial charge is 0.337 e. The maximum atomic E-state index is 13.9. The summed E-state index contributed by atoms with van der Waals surface area (Å²) in [6.45, 7) is 4.74. The van der Waals surface area contributed by atoms with Crippen molar-refractivity contribution < 1.29 is 18.8 Å². The molecule has 2 fully saturated rings. The van der Waals surface area contributed by atoms with E-state index in [0.29, 0.717) is 13.0 Å². The van der Waals surface area contributed by atoms with Crippen molar-refractivity contribution in [2.24, 2.45) is 5.92 Å². The van der Waals surface area contributed by atoms with Gasteiger partial charge in [0.25, 0.3) is 0 Å². The summed E-state index contributed by atoms with van der Waals surface area (Å²) in [7, 11) is 1.71. The van der Waals surface area contributed by atoms with Gasteiger partial charge in [0, 0.05) is 26.1 Å². The second-order valence-corrected chi connectivity index (χ2v) is 11.4. The first-order chi connectivity index (χ1) is 20.2. The number of likely N-dealkylation sites (N-methyl/N-ethyl adjacent to an activating group) is 1. The van der Waals surface area contributed by atoms with Crippen LogP contribution in [0, 0.1) is 11.7 Å². The molecule has 5 rings (SSSR count). The van der Waals surface area contributed by atoms with Crippen LogP contribution in [0.15, 0.2) is 84.9 Å². The Labute approximate surface area is 246 Å². The minimum absolute atomic E-state index is 0.0128. The van der Waals surface area contributed by atoms with Gasteiger partial charge in [0.1, 0.15) is 18.0 Å². The molecule has 0 saturated carbocycles. The standard InChI is InChI=1S/C33H38FN5O3/c1-23(2)31-32(41)37(19-18-28(25-10-6-4-7-11-25)26-12-8-5-9-13-26)21-29-38(31)30(40)22-36(3)39(29)33(42)35-20-24-14-16-27(34)17-15-24/h4-17,23,28-29,31H,18-22H2,1-3H3,(H,35,42)/t29-,31-/m0/s1. The van der Waals surface area contributed by atoms with Crippen LogP contribution in [0.4, 0.5) is 9.18 Å². The topological polar surface area (TPSA) is 76.2 Å². The number of piperazine rings is 1. The summed E-state index contributed by atoms with van der Waals surface area (Å²) >= 11 is 0. The second-order valence-electron chi connectivity index (χ2n) is 11.4. The number of carbonyl (C=O) groups is 3. The monoisotopic (exact) mass is 571 g/mol. The zero-order valence-electron chi connectivity index (χ0n) is 24.3. The van der Waals surface area contributed by atoms with E-state index in [-0.39, 0.29) is 55.1 Å². The molecule has 8 nitrogen and oxygen atoms in total. The number of hydrazine groups is 1.